The normalized spacial score (nSPS) is 21.3. The number of pyridine rings is 1. The van der Waals surface area contributed by atoms with Crippen LogP contribution in [0, 0.1) is 5.92 Å². The quantitative estimate of drug-likeness (QED) is 0.776. The standard InChI is InChI=1S/C16H18N2O4S/c1-22-13-8-17-11(7-12(13)20)16(21)18-15(9-5-10(19)6-9)14-3-2-4-23-14/h2-4,7-10,15,19H,5-6H2,1H3,(H,17,20)(H,18,21). The molecule has 6 nitrogen and oxygen atoms in total. The van der Waals surface area contributed by atoms with Crippen molar-refractivity contribution in [3.05, 3.63) is 50.6 Å². The summed E-state index contributed by atoms with van der Waals surface area (Å²) in [4.78, 5) is 28.1. The van der Waals surface area contributed by atoms with E-state index >= 15 is 0 Å². The van der Waals surface area contributed by atoms with E-state index in [-0.39, 0.29) is 40.8 Å². The molecule has 1 atom stereocenters. The second-order valence-electron chi connectivity index (χ2n) is 5.63. The fraction of sp³-hybridized carbons (Fsp3) is 0.375. The first kappa shape index (κ1) is 15.8. The van der Waals surface area contributed by atoms with E-state index in [1.165, 1.54) is 19.4 Å². The Morgan fingerprint density at radius 3 is 2.87 bits per heavy atom. The minimum absolute atomic E-state index is 0.156. The lowest BCUT2D eigenvalue weighted by molar-refractivity contribution is 0.0240. The molecule has 0 bridgehead atoms. The number of ether oxygens (including phenoxy) is 1. The topological polar surface area (TPSA) is 91.4 Å². The van der Waals surface area contributed by atoms with Gasteiger partial charge in [-0.05, 0) is 30.2 Å². The number of aliphatic hydroxyl groups is 1. The van der Waals surface area contributed by atoms with Crippen molar-refractivity contribution in [3.63, 3.8) is 0 Å². The first-order valence-corrected chi connectivity index (χ1v) is 8.25. The maximum atomic E-state index is 12.4. The van der Waals surface area contributed by atoms with Crippen molar-refractivity contribution in [1.82, 2.24) is 10.3 Å². The van der Waals surface area contributed by atoms with Crippen LogP contribution in [0.15, 0.2) is 34.6 Å². The van der Waals surface area contributed by atoms with Crippen molar-refractivity contribution in [2.45, 2.75) is 25.0 Å². The summed E-state index contributed by atoms with van der Waals surface area (Å²) in [5, 5.41) is 14.5. The Morgan fingerprint density at radius 2 is 2.30 bits per heavy atom. The largest absolute Gasteiger partial charge is 0.491 e. The molecule has 1 unspecified atom stereocenters. The molecule has 7 heteroatoms. The van der Waals surface area contributed by atoms with E-state index in [1.54, 1.807) is 11.3 Å². The van der Waals surface area contributed by atoms with Gasteiger partial charge >= 0.3 is 0 Å². The first-order chi connectivity index (χ1) is 11.1. The summed E-state index contributed by atoms with van der Waals surface area (Å²) < 4.78 is 4.89. The first-order valence-electron chi connectivity index (χ1n) is 7.37. The number of carbonyl (C=O) groups excluding carboxylic acids is 1. The molecule has 23 heavy (non-hydrogen) atoms. The molecule has 1 aliphatic carbocycles. The summed E-state index contributed by atoms with van der Waals surface area (Å²) in [6, 6.07) is 4.98. The number of aromatic amines is 1. The van der Waals surface area contributed by atoms with Gasteiger partial charge in [0, 0.05) is 17.1 Å². The second kappa shape index (κ2) is 6.55. The summed E-state index contributed by atoms with van der Waals surface area (Å²) >= 11 is 1.57. The number of aliphatic hydroxyl groups excluding tert-OH is 1. The summed E-state index contributed by atoms with van der Waals surface area (Å²) in [7, 11) is 1.40. The van der Waals surface area contributed by atoms with E-state index in [0.29, 0.717) is 12.8 Å². The van der Waals surface area contributed by atoms with Crippen LogP contribution in [0.25, 0.3) is 0 Å². The molecule has 2 heterocycles. The van der Waals surface area contributed by atoms with Crippen molar-refractivity contribution in [3.8, 4) is 5.75 Å². The maximum Gasteiger partial charge on any atom is 0.268 e. The van der Waals surface area contributed by atoms with Gasteiger partial charge in [0.25, 0.3) is 5.91 Å². The molecule has 3 N–H and O–H groups in total. The second-order valence-corrected chi connectivity index (χ2v) is 6.61. The van der Waals surface area contributed by atoms with Gasteiger partial charge in [-0.25, -0.2) is 0 Å². The van der Waals surface area contributed by atoms with Crippen molar-refractivity contribution in [1.29, 1.82) is 0 Å². The number of rotatable bonds is 5. The van der Waals surface area contributed by atoms with Crippen molar-refractivity contribution in [2.75, 3.05) is 7.11 Å². The highest BCUT2D eigenvalue weighted by atomic mass is 32.1. The molecule has 0 spiro atoms. The van der Waals surface area contributed by atoms with Gasteiger partial charge < -0.3 is 20.1 Å². The molecule has 1 saturated carbocycles. The van der Waals surface area contributed by atoms with Gasteiger partial charge in [0.05, 0.1) is 19.3 Å². The molecule has 1 fully saturated rings. The number of methoxy groups -OCH3 is 1. The van der Waals surface area contributed by atoms with Crippen LogP contribution in [0.5, 0.6) is 5.75 Å². The Balaban J connectivity index is 1.78. The molecule has 0 saturated heterocycles. The van der Waals surface area contributed by atoms with Crippen LogP contribution >= 0.6 is 11.3 Å². The molecular formula is C16H18N2O4S. The number of amides is 1. The van der Waals surface area contributed by atoms with E-state index in [0.717, 1.165) is 4.88 Å². The van der Waals surface area contributed by atoms with Crippen LogP contribution in [0.3, 0.4) is 0 Å². The Labute approximate surface area is 137 Å². The van der Waals surface area contributed by atoms with Crippen LogP contribution < -0.4 is 15.5 Å². The maximum absolute atomic E-state index is 12.4. The number of thiophene rings is 1. The Kier molecular flexibility index (Phi) is 4.49. The lowest BCUT2D eigenvalue weighted by Crippen LogP contribution is -2.41. The lowest BCUT2D eigenvalue weighted by atomic mass is 9.76. The third-order valence-electron chi connectivity index (χ3n) is 4.10. The number of hydrogen-bond acceptors (Lipinski definition) is 5. The van der Waals surface area contributed by atoms with Gasteiger partial charge in [-0.1, -0.05) is 6.07 Å². The zero-order valence-electron chi connectivity index (χ0n) is 12.6. The number of H-pyrrole nitrogens is 1. The van der Waals surface area contributed by atoms with Crippen LogP contribution in [-0.4, -0.2) is 29.2 Å². The highest BCUT2D eigenvalue weighted by Gasteiger charge is 2.36. The minimum Gasteiger partial charge on any atom is -0.491 e. The molecule has 0 radical (unpaired) electrons. The summed E-state index contributed by atoms with van der Waals surface area (Å²) in [6.07, 6.45) is 2.43. The van der Waals surface area contributed by atoms with Crippen LogP contribution in [0.4, 0.5) is 0 Å². The van der Waals surface area contributed by atoms with Crippen molar-refractivity contribution in [2.24, 2.45) is 5.92 Å². The van der Waals surface area contributed by atoms with E-state index in [2.05, 4.69) is 10.3 Å². The third kappa shape index (κ3) is 3.30. The van der Waals surface area contributed by atoms with E-state index in [1.807, 2.05) is 17.5 Å². The van der Waals surface area contributed by atoms with Gasteiger partial charge in [-0.2, -0.15) is 0 Å². The molecule has 1 amide bonds. The third-order valence-corrected chi connectivity index (χ3v) is 5.05. The Bertz CT molecular complexity index is 735. The van der Waals surface area contributed by atoms with E-state index in [4.69, 9.17) is 4.74 Å². The van der Waals surface area contributed by atoms with Crippen LogP contribution in [-0.2, 0) is 0 Å². The SMILES string of the molecule is COc1c[nH]c(C(=O)NC(c2cccs2)C2CC(O)C2)cc1=O. The molecular weight excluding hydrogens is 316 g/mol. The highest BCUT2D eigenvalue weighted by Crippen LogP contribution is 2.39. The van der Waals surface area contributed by atoms with Gasteiger partial charge in [-0.15, -0.1) is 11.3 Å². The van der Waals surface area contributed by atoms with Gasteiger partial charge in [0.15, 0.2) is 5.75 Å². The monoisotopic (exact) mass is 334 g/mol. The Morgan fingerprint density at radius 1 is 1.52 bits per heavy atom. The molecule has 2 aromatic heterocycles. The van der Waals surface area contributed by atoms with Crippen molar-refractivity contribution >= 4 is 17.2 Å². The summed E-state index contributed by atoms with van der Waals surface area (Å²) in [5.74, 6) is 0.0283. The zero-order chi connectivity index (χ0) is 16.4. The molecule has 1 aliphatic rings. The van der Waals surface area contributed by atoms with E-state index < -0.39 is 0 Å². The smallest absolute Gasteiger partial charge is 0.268 e. The zero-order valence-corrected chi connectivity index (χ0v) is 13.4. The fourth-order valence-electron chi connectivity index (χ4n) is 2.76. The van der Waals surface area contributed by atoms with Gasteiger partial charge in [0.1, 0.15) is 5.69 Å². The van der Waals surface area contributed by atoms with Gasteiger partial charge in [0.2, 0.25) is 5.43 Å². The molecule has 122 valence electrons. The predicted molar refractivity (Wildman–Crippen MR) is 86.9 cm³/mol. The number of aromatic nitrogens is 1. The number of hydrogen-bond donors (Lipinski definition) is 3. The minimum atomic E-state index is -0.344. The molecule has 2 aromatic rings. The van der Waals surface area contributed by atoms with Crippen molar-refractivity contribution < 1.29 is 14.6 Å². The average molecular weight is 334 g/mol. The van der Waals surface area contributed by atoms with Crippen LogP contribution in [0.1, 0.15) is 34.2 Å². The fourth-order valence-corrected chi connectivity index (χ4v) is 3.63. The number of nitrogens with one attached hydrogen (secondary N) is 2. The van der Waals surface area contributed by atoms with E-state index in [9.17, 15) is 14.7 Å². The average Bonchev–Trinajstić information content (AvgIpc) is 3.03. The molecule has 0 aromatic carbocycles. The lowest BCUT2D eigenvalue weighted by Gasteiger charge is -2.37. The molecule has 3 rings (SSSR count). The van der Waals surface area contributed by atoms with Crippen LogP contribution in [0.2, 0.25) is 0 Å². The van der Waals surface area contributed by atoms with Gasteiger partial charge in [-0.3, -0.25) is 9.59 Å². The summed E-state index contributed by atoms with van der Waals surface area (Å²) in [6.45, 7) is 0. The predicted octanol–water partition coefficient (Wildman–Crippen LogP) is 1.69. The summed E-state index contributed by atoms with van der Waals surface area (Å²) in [5.41, 5.74) is -0.152. The Hall–Kier alpha value is -2.12. The highest BCUT2D eigenvalue weighted by molar-refractivity contribution is 7.10. The number of carbonyl (C=O) groups is 1. The molecule has 0 aliphatic heterocycles.